The fourth-order valence-corrected chi connectivity index (χ4v) is 4.62. The smallest absolute Gasteiger partial charge is 0.251 e. The molecule has 0 unspecified atom stereocenters. The monoisotopic (exact) mass is 476 g/mol. The third-order valence-corrected chi connectivity index (χ3v) is 7.02. The van der Waals surface area contributed by atoms with Crippen LogP contribution in [0.25, 0.3) is 0 Å². The van der Waals surface area contributed by atoms with Gasteiger partial charge in [-0.2, -0.15) is 0 Å². The average molecular weight is 477 g/mol. The molecule has 1 heterocycles. The molecule has 5 nitrogen and oxygen atoms in total. The first-order valence-electron chi connectivity index (χ1n) is 10.7. The molecule has 2 N–H and O–H groups in total. The molecule has 172 valence electrons. The number of amides is 2. The summed E-state index contributed by atoms with van der Waals surface area (Å²) in [5.41, 5.74) is -1.23. The molecule has 0 aliphatic carbocycles. The zero-order valence-corrected chi connectivity index (χ0v) is 20.4. The van der Waals surface area contributed by atoms with E-state index in [2.05, 4.69) is 5.32 Å². The van der Waals surface area contributed by atoms with Gasteiger partial charge < -0.3 is 15.3 Å². The zero-order chi connectivity index (χ0) is 23.7. The Balaban J connectivity index is 1.69. The highest BCUT2D eigenvalue weighted by atomic mass is 35.5. The van der Waals surface area contributed by atoms with Gasteiger partial charge in [-0.1, -0.05) is 61.3 Å². The Morgan fingerprint density at radius 3 is 2.34 bits per heavy atom. The van der Waals surface area contributed by atoms with Crippen molar-refractivity contribution in [2.45, 2.75) is 51.7 Å². The molecular formula is C25H30Cl2N2O3. The predicted molar refractivity (Wildman–Crippen MR) is 128 cm³/mol. The average Bonchev–Trinajstić information content (AvgIpc) is 2.71. The number of carbonyl (C=O) groups excluding carboxylic acids is 2. The topological polar surface area (TPSA) is 69.6 Å². The van der Waals surface area contributed by atoms with Crippen molar-refractivity contribution < 1.29 is 14.7 Å². The molecule has 2 amide bonds. The second-order valence-corrected chi connectivity index (χ2v) is 10.6. The van der Waals surface area contributed by atoms with E-state index in [1.165, 1.54) is 0 Å². The maximum atomic E-state index is 13.1. The van der Waals surface area contributed by atoms with Gasteiger partial charge in [0.1, 0.15) is 0 Å². The Morgan fingerprint density at radius 1 is 1.09 bits per heavy atom. The highest BCUT2D eigenvalue weighted by Crippen LogP contribution is 2.47. The Hall–Kier alpha value is -2.08. The van der Waals surface area contributed by atoms with Crippen LogP contribution in [0.4, 0.5) is 0 Å². The van der Waals surface area contributed by atoms with Crippen molar-refractivity contribution in [3.05, 3.63) is 69.7 Å². The van der Waals surface area contributed by atoms with Gasteiger partial charge in [0.25, 0.3) is 5.91 Å². The molecule has 0 bridgehead atoms. The molecule has 32 heavy (non-hydrogen) atoms. The van der Waals surface area contributed by atoms with E-state index in [-0.39, 0.29) is 18.2 Å². The summed E-state index contributed by atoms with van der Waals surface area (Å²) in [4.78, 5) is 27.4. The molecule has 2 aromatic rings. The van der Waals surface area contributed by atoms with Crippen molar-refractivity contribution in [3.8, 4) is 0 Å². The fraction of sp³-hybridized carbons (Fsp3) is 0.440. The number of aliphatic hydroxyl groups is 1. The van der Waals surface area contributed by atoms with Gasteiger partial charge in [0.05, 0.1) is 15.6 Å². The van der Waals surface area contributed by atoms with Crippen molar-refractivity contribution in [1.29, 1.82) is 0 Å². The molecule has 0 spiro atoms. The predicted octanol–water partition coefficient (Wildman–Crippen LogP) is 5.04. The maximum Gasteiger partial charge on any atom is 0.251 e. The molecule has 1 aliphatic heterocycles. The van der Waals surface area contributed by atoms with Gasteiger partial charge in [-0.05, 0) is 50.1 Å². The number of hydrogen-bond acceptors (Lipinski definition) is 3. The molecule has 2 aromatic carbocycles. The van der Waals surface area contributed by atoms with Crippen molar-refractivity contribution in [2.75, 3.05) is 13.1 Å². The Labute approximate surface area is 199 Å². The van der Waals surface area contributed by atoms with Crippen molar-refractivity contribution in [3.63, 3.8) is 0 Å². The minimum Gasteiger partial charge on any atom is -0.384 e. The van der Waals surface area contributed by atoms with E-state index in [4.69, 9.17) is 23.2 Å². The van der Waals surface area contributed by atoms with Gasteiger partial charge in [0, 0.05) is 36.0 Å². The summed E-state index contributed by atoms with van der Waals surface area (Å²) in [6.07, 6.45) is 0.535. The molecule has 3 rings (SSSR count). The first kappa shape index (κ1) is 24.6. The van der Waals surface area contributed by atoms with E-state index < -0.39 is 16.6 Å². The second kappa shape index (κ2) is 9.05. The number of benzene rings is 2. The van der Waals surface area contributed by atoms with Crippen LogP contribution in [0, 0.1) is 5.41 Å². The van der Waals surface area contributed by atoms with Crippen LogP contribution in [0.2, 0.25) is 10.0 Å². The SMILES string of the molecule is CC(C)(CC(=O)N1CC[C@](O)(c2ccc(Cl)c(Cl)c2)C(C)(C)C1)NC(=O)c1ccccc1. The summed E-state index contributed by atoms with van der Waals surface area (Å²) >= 11 is 12.2. The molecule has 0 aromatic heterocycles. The first-order valence-corrected chi connectivity index (χ1v) is 11.4. The van der Waals surface area contributed by atoms with Gasteiger partial charge in [-0.25, -0.2) is 0 Å². The summed E-state index contributed by atoms with van der Waals surface area (Å²) in [5.74, 6) is -0.274. The van der Waals surface area contributed by atoms with Crippen LogP contribution in [0.15, 0.2) is 48.5 Å². The second-order valence-electron chi connectivity index (χ2n) is 9.82. The lowest BCUT2D eigenvalue weighted by Gasteiger charge is -2.51. The van der Waals surface area contributed by atoms with E-state index in [9.17, 15) is 14.7 Å². The van der Waals surface area contributed by atoms with Crippen molar-refractivity contribution in [2.24, 2.45) is 5.41 Å². The lowest BCUT2D eigenvalue weighted by Crippen LogP contribution is -2.58. The molecule has 1 fully saturated rings. The van der Waals surface area contributed by atoms with E-state index in [1.54, 1.807) is 47.4 Å². The molecule has 0 radical (unpaired) electrons. The van der Waals surface area contributed by atoms with Crippen molar-refractivity contribution in [1.82, 2.24) is 10.2 Å². The molecule has 1 saturated heterocycles. The summed E-state index contributed by atoms with van der Waals surface area (Å²) in [6, 6.07) is 14.1. The molecule has 0 saturated carbocycles. The number of piperidine rings is 1. The Morgan fingerprint density at radius 2 is 1.75 bits per heavy atom. The van der Waals surface area contributed by atoms with Gasteiger partial charge in [0.15, 0.2) is 0 Å². The standard InChI is InChI=1S/C25H30Cl2N2O3/c1-23(2)16-29(13-12-25(23,32)18-10-11-19(26)20(27)14-18)21(30)15-24(3,4)28-22(31)17-8-6-5-7-9-17/h5-11,14,32H,12-13,15-16H2,1-4H3,(H,28,31)/t25-/m0/s1. The summed E-state index contributed by atoms with van der Waals surface area (Å²) < 4.78 is 0. The quantitative estimate of drug-likeness (QED) is 0.634. The number of likely N-dealkylation sites (tertiary alicyclic amines) is 1. The van der Waals surface area contributed by atoms with Crippen LogP contribution in [0.5, 0.6) is 0 Å². The molecular weight excluding hydrogens is 447 g/mol. The van der Waals surface area contributed by atoms with E-state index in [0.717, 1.165) is 0 Å². The molecule has 1 aliphatic rings. The zero-order valence-electron chi connectivity index (χ0n) is 18.9. The van der Waals surface area contributed by atoms with Crippen LogP contribution in [0.3, 0.4) is 0 Å². The Kier molecular flexibility index (Phi) is 6.94. The molecule has 1 atom stereocenters. The Bertz CT molecular complexity index is 1010. The van der Waals surface area contributed by atoms with Gasteiger partial charge in [0.2, 0.25) is 5.91 Å². The van der Waals surface area contributed by atoms with E-state index in [1.807, 2.05) is 33.8 Å². The minimum absolute atomic E-state index is 0.0624. The van der Waals surface area contributed by atoms with Crippen LogP contribution in [-0.2, 0) is 10.4 Å². The van der Waals surface area contributed by atoms with Crippen LogP contribution >= 0.6 is 23.2 Å². The van der Waals surface area contributed by atoms with Crippen LogP contribution < -0.4 is 5.32 Å². The highest BCUT2D eigenvalue weighted by Gasteiger charge is 2.50. The maximum absolute atomic E-state index is 13.1. The largest absolute Gasteiger partial charge is 0.384 e. The summed E-state index contributed by atoms with van der Waals surface area (Å²) in [7, 11) is 0. The summed E-state index contributed by atoms with van der Waals surface area (Å²) in [5, 5.41) is 15.3. The lowest BCUT2D eigenvalue weighted by atomic mass is 9.66. The van der Waals surface area contributed by atoms with Gasteiger partial charge in [-0.3, -0.25) is 9.59 Å². The number of hydrogen-bond donors (Lipinski definition) is 2. The lowest BCUT2D eigenvalue weighted by molar-refractivity contribution is -0.154. The number of nitrogens with zero attached hydrogens (tertiary/aromatic N) is 1. The first-order chi connectivity index (χ1) is 14.8. The van der Waals surface area contributed by atoms with E-state index in [0.29, 0.717) is 40.7 Å². The number of nitrogens with one attached hydrogen (secondary N) is 1. The third-order valence-electron chi connectivity index (χ3n) is 6.28. The summed E-state index contributed by atoms with van der Waals surface area (Å²) in [6.45, 7) is 8.35. The van der Waals surface area contributed by atoms with Gasteiger partial charge >= 0.3 is 0 Å². The minimum atomic E-state index is -1.14. The number of rotatable bonds is 5. The fourth-order valence-electron chi connectivity index (χ4n) is 4.33. The third kappa shape index (κ3) is 5.11. The molecule has 7 heteroatoms. The van der Waals surface area contributed by atoms with Crippen molar-refractivity contribution >= 4 is 35.0 Å². The van der Waals surface area contributed by atoms with Gasteiger partial charge in [-0.15, -0.1) is 0 Å². The van der Waals surface area contributed by atoms with E-state index >= 15 is 0 Å². The highest BCUT2D eigenvalue weighted by molar-refractivity contribution is 6.42. The number of carbonyl (C=O) groups is 2. The van der Waals surface area contributed by atoms with Crippen LogP contribution in [-0.4, -0.2) is 40.4 Å². The normalized spacial score (nSPS) is 20.7. The van der Waals surface area contributed by atoms with Crippen LogP contribution in [0.1, 0.15) is 56.5 Å². The number of halogens is 2.